The van der Waals surface area contributed by atoms with Gasteiger partial charge in [-0.3, -0.25) is 0 Å². The molecule has 1 heteroatoms. The van der Waals surface area contributed by atoms with Gasteiger partial charge in [-0.1, -0.05) is 58.4 Å². The maximum absolute atomic E-state index is 3.69. The summed E-state index contributed by atoms with van der Waals surface area (Å²) in [5.74, 6) is 0.783. The second kappa shape index (κ2) is 9.14. The largest absolute Gasteiger partial charge is 0.310 e. The minimum Gasteiger partial charge on any atom is -0.310 e. The van der Waals surface area contributed by atoms with Gasteiger partial charge >= 0.3 is 0 Å². The summed E-state index contributed by atoms with van der Waals surface area (Å²) in [6, 6.07) is 9.76. The monoisotopic (exact) mass is 261 g/mol. The molecule has 1 aromatic rings. The lowest BCUT2D eigenvalue weighted by Gasteiger charge is -2.20. The highest BCUT2D eigenvalue weighted by atomic mass is 14.9. The third-order valence-electron chi connectivity index (χ3n) is 3.59. The van der Waals surface area contributed by atoms with E-state index in [1.807, 2.05) is 0 Å². The van der Waals surface area contributed by atoms with E-state index in [4.69, 9.17) is 0 Å². The van der Waals surface area contributed by atoms with Crippen LogP contribution < -0.4 is 5.32 Å². The van der Waals surface area contributed by atoms with Crippen LogP contribution in [-0.4, -0.2) is 6.54 Å². The highest BCUT2D eigenvalue weighted by molar-refractivity contribution is 5.25. The molecule has 0 saturated carbocycles. The van der Waals surface area contributed by atoms with E-state index in [-0.39, 0.29) is 0 Å². The number of benzene rings is 1. The third-order valence-corrected chi connectivity index (χ3v) is 3.59. The lowest BCUT2D eigenvalue weighted by atomic mass is 9.96. The summed E-state index contributed by atoms with van der Waals surface area (Å²) in [6.45, 7) is 10.2. The normalized spacial score (nSPS) is 12.9. The van der Waals surface area contributed by atoms with Crippen molar-refractivity contribution in [3.05, 3.63) is 35.4 Å². The molecule has 1 N–H and O–H groups in total. The average molecular weight is 261 g/mol. The van der Waals surface area contributed by atoms with Crippen LogP contribution in [0.25, 0.3) is 0 Å². The first kappa shape index (κ1) is 16.2. The fraction of sp³-hybridized carbons (Fsp3) is 0.667. The smallest absolute Gasteiger partial charge is 0.0320 e. The van der Waals surface area contributed by atoms with E-state index in [0.29, 0.717) is 6.04 Å². The molecule has 0 radical (unpaired) electrons. The van der Waals surface area contributed by atoms with E-state index in [0.717, 1.165) is 12.5 Å². The molecule has 0 spiro atoms. The summed E-state index contributed by atoms with van der Waals surface area (Å²) < 4.78 is 0. The van der Waals surface area contributed by atoms with Crippen LogP contribution in [-0.2, 0) is 6.42 Å². The van der Waals surface area contributed by atoms with Crippen molar-refractivity contribution < 1.29 is 0 Å². The van der Waals surface area contributed by atoms with Gasteiger partial charge in [-0.05, 0) is 49.3 Å². The van der Waals surface area contributed by atoms with Gasteiger partial charge in [0.1, 0.15) is 0 Å². The van der Waals surface area contributed by atoms with E-state index in [2.05, 4.69) is 57.3 Å². The topological polar surface area (TPSA) is 12.0 Å². The fourth-order valence-electron chi connectivity index (χ4n) is 2.41. The van der Waals surface area contributed by atoms with Crippen LogP contribution in [0.2, 0.25) is 0 Å². The first-order chi connectivity index (χ1) is 9.17. The van der Waals surface area contributed by atoms with Gasteiger partial charge in [0.25, 0.3) is 0 Å². The van der Waals surface area contributed by atoms with Crippen molar-refractivity contribution >= 4 is 0 Å². The highest BCUT2D eigenvalue weighted by Gasteiger charge is 2.11. The predicted molar refractivity (Wildman–Crippen MR) is 85.5 cm³/mol. The van der Waals surface area contributed by atoms with Gasteiger partial charge < -0.3 is 5.32 Å². The first-order valence-corrected chi connectivity index (χ1v) is 7.99. The Balaban J connectivity index is 2.66. The van der Waals surface area contributed by atoms with Crippen LogP contribution in [0.15, 0.2) is 24.3 Å². The molecule has 0 amide bonds. The minimum atomic E-state index is 0.526. The van der Waals surface area contributed by atoms with Gasteiger partial charge in [-0.25, -0.2) is 0 Å². The highest BCUT2D eigenvalue weighted by Crippen LogP contribution is 2.22. The molecule has 0 fully saturated rings. The van der Waals surface area contributed by atoms with E-state index in [1.165, 1.54) is 43.2 Å². The average Bonchev–Trinajstić information content (AvgIpc) is 2.40. The molecule has 1 unspecified atom stereocenters. The van der Waals surface area contributed by atoms with Crippen LogP contribution in [0.1, 0.15) is 70.5 Å². The zero-order chi connectivity index (χ0) is 14.1. The Morgan fingerprint density at radius 3 is 2.16 bits per heavy atom. The van der Waals surface area contributed by atoms with Crippen LogP contribution in [0.5, 0.6) is 0 Å². The molecular weight excluding hydrogens is 230 g/mol. The summed E-state index contributed by atoms with van der Waals surface area (Å²) in [4.78, 5) is 0. The van der Waals surface area contributed by atoms with Crippen molar-refractivity contribution in [1.82, 2.24) is 5.32 Å². The summed E-state index contributed by atoms with van der Waals surface area (Å²) in [7, 11) is 0. The van der Waals surface area contributed by atoms with Gasteiger partial charge in [0.2, 0.25) is 0 Å². The van der Waals surface area contributed by atoms with Crippen molar-refractivity contribution in [1.29, 1.82) is 0 Å². The molecular formula is C18H31N. The molecule has 19 heavy (non-hydrogen) atoms. The Bertz CT molecular complexity index is 326. The quantitative estimate of drug-likeness (QED) is 0.651. The van der Waals surface area contributed by atoms with Gasteiger partial charge in [-0.15, -0.1) is 0 Å². The molecule has 1 nitrogen and oxygen atoms in total. The van der Waals surface area contributed by atoms with Crippen molar-refractivity contribution in [3.63, 3.8) is 0 Å². The molecule has 0 aliphatic carbocycles. The summed E-state index contributed by atoms with van der Waals surface area (Å²) >= 11 is 0. The molecule has 0 saturated heterocycles. The minimum absolute atomic E-state index is 0.526. The predicted octanol–water partition coefficient (Wildman–Crippen LogP) is 5.12. The Morgan fingerprint density at radius 2 is 1.63 bits per heavy atom. The second-order valence-electron chi connectivity index (χ2n) is 5.97. The molecule has 108 valence electrons. The molecule has 0 aromatic heterocycles. The first-order valence-electron chi connectivity index (χ1n) is 7.99. The van der Waals surface area contributed by atoms with Crippen molar-refractivity contribution in [2.75, 3.05) is 6.54 Å². The van der Waals surface area contributed by atoms with Crippen molar-refractivity contribution in [3.8, 4) is 0 Å². The molecule has 0 heterocycles. The fourth-order valence-corrected chi connectivity index (χ4v) is 2.41. The van der Waals surface area contributed by atoms with E-state index < -0.39 is 0 Å². The zero-order valence-electron chi connectivity index (χ0n) is 13.2. The Morgan fingerprint density at radius 1 is 0.947 bits per heavy atom. The maximum Gasteiger partial charge on any atom is 0.0320 e. The third kappa shape index (κ3) is 6.24. The van der Waals surface area contributed by atoms with E-state index >= 15 is 0 Å². The lowest BCUT2D eigenvalue weighted by molar-refractivity contribution is 0.440. The number of hydrogen-bond donors (Lipinski definition) is 1. The summed E-state index contributed by atoms with van der Waals surface area (Å²) in [5.41, 5.74) is 2.92. The maximum atomic E-state index is 3.69. The number of nitrogens with one attached hydrogen (secondary N) is 1. The standard InChI is InChI=1S/C18H31N/c1-5-7-16-9-11-17(12-10-16)18(19-14-6-2)13-8-15(3)4/h9-12,15,18-19H,5-8,13-14H2,1-4H3. The van der Waals surface area contributed by atoms with Gasteiger partial charge in [0.05, 0.1) is 0 Å². The van der Waals surface area contributed by atoms with E-state index in [1.54, 1.807) is 0 Å². The zero-order valence-corrected chi connectivity index (χ0v) is 13.2. The van der Waals surface area contributed by atoms with E-state index in [9.17, 15) is 0 Å². The molecule has 1 rings (SSSR count). The Kier molecular flexibility index (Phi) is 7.81. The molecule has 1 atom stereocenters. The van der Waals surface area contributed by atoms with Gasteiger partial charge in [0.15, 0.2) is 0 Å². The molecule has 0 aliphatic heterocycles. The summed E-state index contributed by atoms with van der Waals surface area (Å²) in [5, 5.41) is 3.69. The van der Waals surface area contributed by atoms with Gasteiger partial charge in [0, 0.05) is 6.04 Å². The van der Waals surface area contributed by atoms with Crippen molar-refractivity contribution in [2.45, 2.75) is 65.8 Å². The van der Waals surface area contributed by atoms with Crippen molar-refractivity contribution in [2.24, 2.45) is 5.92 Å². The molecule has 1 aromatic carbocycles. The molecule has 0 aliphatic rings. The lowest BCUT2D eigenvalue weighted by Crippen LogP contribution is -2.22. The number of aryl methyl sites for hydroxylation is 1. The SMILES string of the molecule is CCCNC(CCC(C)C)c1ccc(CCC)cc1. The van der Waals surface area contributed by atoms with Gasteiger partial charge in [-0.2, -0.15) is 0 Å². The number of rotatable bonds is 9. The van der Waals surface area contributed by atoms with Crippen LogP contribution in [0, 0.1) is 5.92 Å². The second-order valence-corrected chi connectivity index (χ2v) is 5.97. The van der Waals surface area contributed by atoms with Crippen LogP contribution in [0.4, 0.5) is 0 Å². The Hall–Kier alpha value is -0.820. The van der Waals surface area contributed by atoms with Crippen LogP contribution >= 0.6 is 0 Å². The van der Waals surface area contributed by atoms with Crippen LogP contribution in [0.3, 0.4) is 0 Å². The summed E-state index contributed by atoms with van der Waals surface area (Å²) in [6.07, 6.45) is 6.15. The molecule has 0 bridgehead atoms. The number of hydrogen-bond acceptors (Lipinski definition) is 1. The Labute approximate surface area is 119 Å².